The van der Waals surface area contributed by atoms with E-state index in [1.54, 1.807) is 0 Å². The van der Waals surface area contributed by atoms with E-state index in [1.165, 1.54) is 0 Å². The fraction of sp³-hybridized carbons (Fsp3) is 0.429. The molecule has 0 aromatic heterocycles. The van der Waals surface area contributed by atoms with Gasteiger partial charge >= 0.3 is 0 Å². The van der Waals surface area contributed by atoms with E-state index < -0.39 is 0 Å². The van der Waals surface area contributed by atoms with E-state index in [9.17, 15) is 0 Å². The maximum Gasteiger partial charge on any atom is 0.108 e. The third kappa shape index (κ3) is 2.13. The summed E-state index contributed by atoms with van der Waals surface area (Å²) < 4.78 is 0.999. The third-order valence-corrected chi connectivity index (χ3v) is 3.24. The number of quaternary nitrogens is 1. The number of hydrogen-bond donors (Lipinski definition) is 0. The molecule has 0 aromatic carbocycles. The van der Waals surface area contributed by atoms with Crippen molar-refractivity contribution in [2.45, 2.75) is 6.04 Å². The van der Waals surface area contributed by atoms with E-state index in [1.807, 2.05) is 0 Å². The molecular weight excluding hydrogens is 182 g/mol. The van der Waals surface area contributed by atoms with Crippen LogP contribution in [0.4, 0.5) is 0 Å². The van der Waals surface area contributed by atoms with Crippen LogP contribution in [0.1, 0.15) is 0 Å². The van der Waals surface area contributed by atoms with Gasteiger partial charge in [0, 0.05) is 11.8 Å². The van der Waals surface area contributed by atoms with Crippen LogP contribution in [0.3, 0.4) is 0 Å². The second-order valence-corrected chi connectivity index (χ2v) is 5.30. The minimum atomic E-state index is 0.572. The highest BCUT2D eigenvalue weighted by molar-refractivity contribution is 5.25. The van der Waals surface area contributed by atoms with Crippen molar-refractivity contribution in [2.75, 3.05) is 21.1 Å². The average molecular weight is 202 g/mol. The topological polar surface area (TPSA) is 0 Å². The molecule has 0 fully saturated rings. The maximum atomic E-state index is 2.31. The summed E-state index contributed by atoms with van der Waals surface area (Å²) >= 11 is 0. The lowest BCUT2D eigenvalue weighted by Crippen LogP contribution is -2.51. The Labute approximate surface area is 92.7 Å². The van der Waals surface area contributed by atoms with Crippen molar-refractivity contribution in [3.8, 4) is 0 Å². The van der Waals surface area contributed by atoms with E-state index >= 15 is 0 Å². The van der Waals surface area contributed by atoms with Crippen LogP contribution in [0.2, 0.25) is 0 Å². The molecule has 0 unspecified atom stereocenters. The molecule has 0 amide bonds. The highest BCUT2D eigenvalue weighted by atomic mass is 15.3. The van der Waals surface area contributed by atoms with Crippen LogP contribution in [-0.2, 0) is 0 Å². The fourth-order valence-electron chi connectivity index (χ4n) is 2.64. The van der Waals surface area contributed by atoms with E-state index in [4.69, 9.17) is 0 Å². The summed E-state index contributed by atoms with van der Waals surface area (Å²) in [5, 5.41) is 0. The maximum absolute atomic E-state index is 2.31. The first-order valence-electron chi connectivity index (χ1n) is 5.60. The zero-order chi connectivity index (χ0) is 10.9. The Bertz CT molecular complexity index is 287. The summed E-state index contributed by atoms with van der Waals surface area (Å²) in [4.78, 5) is 0. The SMILES string of the molecule is C[N+](C)(C)C(C1C=CC=C1)C1C=CC=C1. The second-order valence-electron chi connectivity index (χ2n) is 5.30. The largest absolute Gasteiger partial charge is 0.327 e. The quantitative estimate of drug-likeness (QED) is 0.617. The predicted molar refractivity (Wildman–Crippen MR) is 65.4 cm³/mol. The highest BCUT2D eigenvalue weighted by Crippen LogP contribution is 2.30. The summed E-state index contributed by atoms with van der Waals surface area (Å²) in [6, 6.07) is 0.606. The van der Waals surface area contributed by atoms with E-state index in [0.717, 1.165) is 4.48 Å². The molecule has 0 N–H and O–H groups in total. The molecule has 1 nitrogen and oxygen atoms in total. The average Bonchev–Trinajstić information content (AvgIpc) is 2.73. The fourth-order valence-corrected chi connectivity index (χ4v) is 2.64. The predicted octanol–water partition coefficient (Wildman–Crippen LogP) is 2.55. The van der Waals surface area contributed by atoms with Gasteiger partial charge in [-0.25, -0.2) is 0 Å². The standard InChI is InChI=1S/C14H20N/c1-15(2,3)14(12-8-4-5-9-12)13-10-6-7-11-13/h4-14H,1-3H3/q+1. The molecule has 1 heteroatoms. The van der Waals surface area contributed by atoms with Crippen molar-refractivity contribution >= 4 is 0 Å². The van der Waals surface area contributed by atoms with Gasteiger partial charge < -0.3 is 4.48 Å². The van der Waals surface area contributed by atoms with Crippen molar-refractivity contribution in [1.29, 1.82) is 0 Å². The zero-order valence-corrected chi connectivity index (χ0v) is 9.80. The molecule has 15 heavy (non-hydrogen) atoms. The molecule has 0 radical (unpaired) electrons. The van der Waals surface area contributed by atoms with Crippen molar-refractivity contribution in [1.82, 2.24) is 0 Å². The summed E-state index contributed by atoms with van der Waals surface area (Å²) in [7, 11) is 6.85. The zero-order valence-electron chi connectivity index (χ0n) is 9.80. The first kappa shape index (κ1) is 10.4. The first-order valence-corrected chi connectivity index (χ1v) is 5.60. The van der Waals surface area contributed by atoms with Crippen molar-refractivity contribution in [3.63, 3.8) is 0 Å². The minimum Gasteiger partial charge on any atom is -0.327 e. The van der Waals surface area contributed by atoms with Gasteiger partial charge in [0.15, 0.2) is 0 Å². The molecule has 0 saturated heterocycles. The van der Waals surface area contributed by atoms with Gasteiger partial charge in [-0.3, -0.25) is 0 Å². The summed E-state index contributed by atoms with van der Waals surface area (Å²) in [6.45, 7) is 0. The Balaban J connectivity index is 2.23. The van der Waals surface area contributed by atoms with Gasteiger partial charge in [0.1, 0.15) is 6.04 Å². The first-order chi connectivity index (χ1) is 7.09. The van der Waals surface area contributed by atoms with Crippen molar-refractivity contribution in [2.24, 2.45) is 11.8 Å². The molecule has 2 rings (SSSR count). The summed E-state index contributed by atoms with van der Waals surface area (Å²) in [6.07, 6.45) is 17.9. The van der Waals surface area contributed by atoms with Crippen LogP contribution in [-0.4, -0.2) is 31.7 Å². The van der Waals surface area contributed by atoms with E-state index in [0.29, 0.717) is 17.9 Å². The molecule has 0 aliphatic heterocycles. The Hall–Kier alpha value is -1.08. The van der Waals surface area contributed by atoms with Gasteiger partial charge in [0.25, 0.3) is 0 Å². The molecule has 0 spiro atoms. The number of nitrogens with zero attached hydrogens (tertiary/aromatic N) is 1. The van der Waals surface area contributed by atoms with Crippen LogP contribution >= 0.6 is 0 Å². The van der Waals surface area contributed by atoms with Gasteiger partial charge in [-0.2, -0.15) is 0 Å². The lowest BCUT2D eigenvalue weighted by atomic mass is 9.87. The van der Waals surface area contributed by atoms with Gasteiger partial charge in [-0.1, -0.05) is 48.6 Å². The van der Waals surface area contributed by atoms with Crippen LogP contribution < -0.4 is 0 Å². The van der Waals surface area contributed by atoms with Crippen LogP contribution in [0.25, 0.3) is 0 Å². The molecule has 2 aliphatic carbocycles. The monoisotopic (exact) mass is 202 g/mol. The molecule has 0 aromatic rings. The molecule has 80 valence electrons. The minimum absolute atomic E-state index is 0.572. The number of rotatable bonds is 3. The lowest BCUT2D eigenvalue weighted by molar-refractivity contribution is -0.900. The highest BCUT2D eigenvalue weighted by Gasteiger charge is 2.36. The van der Waals surface area contributed by atoms with Crippen molar-refractivity contribution < 1.29 is 4.48 Å². The Kier molecular flexibility index (Phi) is 2.66. The number of allylic oxidation sites excluding steroid dienone is 4. The molecule has 0 heterocycles. The van der Waals surface area contributed by atoms with Gasteiger partial charge in [0.2, 0.25) is 0 Å². The molecule has 2 aliphatic rings. The Morgan fingerprint density at radius 2 is 1.07 bits per heavy atom. The lowest BCUT2D eigenvalue weighted by Gasteiger charge is -2.39. The van der Waals surface area contributed by atoms with Gasteiger partial charge in [-0.05, 0) is 0 Å². The molecule has 0 bridgehead atoms. The summed E-state index contributed by atoms with van der Waals surface area (Å²) in [5.41, 5.74) is 0. The second kappa shape index (κ2) is 3.82. The van der Waals surface area contributed by atoms with E-state index in [2.05, 4.69) is 69.8 Å². The molecule has 0 saturated carbocycles. The van der Waals surface area contributed by atoms with E-state index in [-0.39, 0.29) is 0 Å². The molecule has 0 atom stereocenters. The van der Waals surface area contributed by atoms with Crippen LogP contribution in [0.5, 0.6) is 0 Å². The Morgan fingerprint density at radius 3 is 1.33 bits per heavy atom. The van der Waals surface area contributed by atoms with Crippen LogP contribution in [0, 0.1) is 11.8 Å². The Morgan fingerprint density at radius 1 is 0.733 bits per heavy atom. The smallest absolute Gasteiger partial charge is 0.108 e. The summed E-state index contributed by atoms with van der Waals surface area (Å²) in [5.74, 6) is 1.14. The third-order valence-electron chi connectivity index (χ3n) is 3.24. The normalized spacial score (nSPS) is 21.3. The number of hydrogen-bond acceptors (Lipinski definition) is 0. The van der Waals surface area contributed by atoms with Gasteiger partial charge in [0.05, 0.1) is 21.1 Å². The van der Waals surface area contributed by atoms with Gasteiger partial charge in [-0.15, -0.1) is 0 Å². The molecular formula is C14H20N+. The van der Waals surface area contributed by atoms with Crippen LogP contribution in [0.15, 0.2) is 48.6 Å². The van der Waals surface area contributed by atoms with Crippen molar-refractivity contribution in [3.05, 3.63) is 48.6 Å².